The van der Waals surface area contributed by atoms with Crippen LogP contribution in [-0.4, -0.2) is 16.2 Å². The maximum atomic E-state index is 13.2. The van der Waals surface area contributed by atoms with Crippen LogP contribution in [0, 0.1) is 11.6 Å². The number of nitrogens with zero attached hydrogens (tertiary/aromatic N) is 3. The molecular weight excluding hydrogens is 432 g/mol. The zero-order valence-corrected chi connectivity index (χ0v) is 18.3. The van der Waals surface area contributed by atoms with Crippen molar-refractivity contribution in [1.29, 1.82) is 0 Å². The summed E-state index contributed by atoms with van der Waals surface area (Å²) >= 11 is 0. The van der Waals surface area contributed by atoms with Gasteiger partial charge in [-0.05, 0) is 84.9 Å². The van der Waals surface area contributed by atoms with Gasteiger partial charge in [-0.3, -0.25) is 0 Å². The predicted molar refractivity (Wildman–Crippen MR) is 134 cm³/mol. The summed E-state index contributed by atoms with van der Waals surface area (Å²) in [7, 11) is 2.00. The Hall–Kier alpha value is -4.52. The first-order chi connectivity index (χ1) is 16.4. The van der Waals surface area contributed by atoms with E-state index in [2.05, 4.69) is 14.6 Å². The van der Waals surface area contributed by atoms with E-state index in [1.807, 2.05) is 43.4 Å². The van der Waals surface area contributed by atoms with Gasteiger partial charge in [-0.2, -0.15) is 0 Å². The Kier molecular flexibility index (Phi) is 5.30. The number of amidine groups is 2. The summed E-state index contributed by atoms with van der Waals surface area (Å²) in [6, 6.07) is 23.5. The second-order valence-electron chi connectivity index (χ2n) is 7.97. The fraction of sp³-hybridized carbons (Fsp3) is 0.0370. The highest BCUT2D eigenvalue weighted by atomic mass is 19.1. The Morgan fingerprint density at radius 2 is 1.00 bits per heavy atom. The highest BCUT2D eigenvalue weighted by molar-refractivity contribution is 6.13. The Balaban J connectivity index is 1.58. The van der Waals surface area contributed by atoms with Crippen LogP contribution in [0.3, 0.4) is 0 Å². The Morgan fingerprint density at radius 3 is 1.38 bits per heavy atom. The van der Waals surface area contributed by atoms with Gasteiger partial charge in [0.1, 0.15) is 23.3 Å². The molecule has 1 aromatic heterocycles. The summed E-state index contributed by atoms with van der Waals surface area (Å²) in [6.45, 7) is 0. The smallest absolute Gasteiger partial charge is 0.131 e. The number of hydrogen-bond acceptors (Lipinski definition) is 2. The highest BCUT2D eigenvalue weighted by Gasteiger charge is 2.12. The number of halogens is 2. The number of aromatic nitrogens is 1. The number of nitrogens with two attached hydrogens (primary N) is 2. The molecule has 168 valence electrons. The normalized spacial score (nSPS) is 12.6. The maximum Gasteiger partial charge on any atom is 0.131 e. The van der Waals surface area contributed by atoms with Crippen molar-refractivity contribution in [3.05, 3.63) is 108 Å². The molecule has 0 unspecified atom stereocenters. The van der Waals surface area contributed by atoms with E-state index in [-0.39, 0.29) is 11.6 Å². The van der Waals surface area contributed by atoms with Crippen LogP contribution in [0.25, 0.3) is 21.8 Å². The lowest BCUT2D eigenvalue weighted by molar-refractivity contribution is 0.627. The van der Waals surface area contributed by atoms with E-state index < -0.39 is 0 Å². The number of aliphatic imine (C=N–C) groups is 2. The van der Waals surface area contributed by atoms with Crippen molar-refractivity contribution in [3.63, 3.8) is 0 Å². The van der Waals surface area contributed by atoms with Crippen molar-refractivity contribution in [1.82, 2.24) is 4.57 Å². The molecule has 0 fully saturated rings. The zero-order chi connectivity index (χ0) is 23.8. The van der Waals surface area contributed by atoms with E-state index >= 15 is 0 Å². The molecule has 5 nitrogen and oxygen atoms in total. The average Bonchev–Trinajstić information content (AvgIpc) is 3.13. The van der Waals surface area contributed by atoms with Gasteiger partial charge in [0.05, 0.1) is 11.4 Å². The molecule has 0 spiro atoms. The minimum Gasteiger partial charge on any atom is -0.383 e. The van der Waals surface area contributed by atoms with Gasteiger partial charge in [-0.1, -0.05) is 0 Å². The molecule has 0 aliphatic carbocycles. The van der Waals surface area contributed by atoms with E-state index in [1.54, 1.807) is 24.3 Å². The van der Waals surface area contributed by atoms with Crippen LogP contribution < -0.4 is 11.5 Å². The van der Waals surface area contributed by atoms with Crippen molar-refractivity contribution in [2.45, 2.75) is 0 Å². The van der Waals surface area contributed by atoms with Gasteiger partial charge in [0, 0.05) is 40.0 Å². The van der Waals surface area contributed by atoms with E-state index in [0.29, 0.717) is 23.0 Å². The predicted octanol–water partition coefficient (Wildman–Crippen LogP) is 5.68. The van der Waals surface area contributed by atoms with E-state index in [0.717, 1.165) is 32.9 Å². The van der Waals surface area contributed by atoms with Crippen LogP contribution in [0.5, 0.6) is 0 Å². The minimum atomic E-state index is -0.326. The minimum absolute atomic E-state index is 0.326. The van der Waals surface area contributed by atoms with Crippen molar-refractivity contribution in [3.8, 4) is 0 Å². The SMILES string of the molecule is Cn1c2ccc(C(N)=Nc3ccc(F)cc3)cc2c2cc(C(N)=Nc3ccc(F)cc3)ccc21. The molecule has 0 amide bonds. The van der Waals surface area contributed by atoms with Crippen LogP contribution in [0.1, 0.15) is 11.1 Å². The van der Waals surface area contributed by atoms with Crippen molar-refractivity contribution in [2.75, 3.05) is 0 Å². The fourth-order valence-corrected chi connectivity index (χ4v) is 3.98. The summed E-state index contributed by atoms with van der Waals surface area (Å²) in [6.07, 6.45) is 0. The summed E-state index contributed by atoms with van der Waals surface area (Å²) < 4.78 is 28.5. The van der Waals surface area contributed by atoms with Gasteiger partial charge in [0.2, 0.25) is 0 Å². The second kappa shape index (κ2) is 8.44. The average molecular weight is 453 g/mol. The third-order valence-corrected chi connectivity index (χ3v) is 5.75. The van der Waals surface area contributed by atoms with E-state index in [9.17, 15) is 8.78 Å². The molecule has 0 bridgehead atoms. The molecule has 0 atom stereocenters. The monoisotopic (exact) mass is 453 g/mol. The maximum absolute atomic E-state index is 13.2. The number of hydrogen-bond donors (Lipinski definition) is 2. The molecule has 1 heterocycles. The number of rotatable bonds is 4. The molecular formula is C27H21F2N5. The summed E-state index contributed by atoms with van der Waals surface area (Å²) in [5.74, 6) is 0.0126. The van der Waals surface area contributed by atoms with Crippen molar-refractivity contribution >= 4 is 44.9 Å². The largest absolute Gasteiger partial charge is 0.383 e. The number of aryl methyl sites for hydroxylation is 1. The lowest BCUT2D eigenvalue weighted by atomic mass is 10.1. The van der Waals surface area contributed by atoms with Gasteiger partial charge in [0.15, 0.2) is 0 Å². The first-order valence-corrected chi connectivity index (χ1v) is 10.6. The first kappa shape index (κ1) is 21.3. The molecule has 7 heteroatoms. The molecule has 0 radical (unpaired) electrons. The standard InChI is InChI=1S/C27H21F2N5/c1-34-24-12-2-16(26(30)32-20-8-4-18(28)5-9-20)14-22(24)23-15-17(3-13-25(23)34)27(31)33-21-10-6-19(29)7-11-21/h2-15H,1H3,(H2,30,32)(H2,31,33). The van der Waals surface area contributed by atoms with Crippen LogP contribution in [-0.2, 0) is 7.05 Å². The van der Waals surface area contributed by atoms with Crippen LogP contribution in [0.15, 0.2) is 94.9 Å². The lowest BCUT2D eigenvalue weighted by Gasteiger charge is -2.04. The van der Waals surface area contributed by atoms with Crippen LogP contribution >= 0.6 is 0 Å². The van der Waals surface area contributed by atoms with Gasteiger partial charge in [-0.25, -0.2) is 18.8 Å². The fourth-order valence-electron chi connectivity index (χ4n) is 3.98. The van der Waals surface area contributed by atoms with Gasteiger partial charge in [0.25, 0.3) is 0 Å². The summed E-state index contributed by atoms with van der Waals surface area (Å²) in [4.78, 5) is 8.84. The molecule has 0 aliphatic heterocycles. The highest BCUT2D eigenvalue weighted by Crippen LogP contribution is 2.30. The van der Waals surface area contributed by atoms with Crippen molar-refractivity contribution < 1.29 is 8.78 Å². The molecule has 0 saturated carbocycles. The van der Waals surface area contributed by atoms with Crippen molar-refractivity contribution in [2.24, 2.45) is 28.5 Å². The molecule has 4 N–H and O–H groups in total. The Labute approximate surface area is 194 Å². The molecule has 5 rings (SSSR count). The molecule has 5 aromatic rings. The number of benzene rings is 4. The van der Waals surface area contributed by atoms with Crippen LogP contribution in [0.2, 0.25) is 0 Å². The third kappa shape index (κ3) is 3.99. The second-order valence-corrected chi connectivity index (χ2v) is 7.97. The number of fused-ring (bicyclic) bond motifs is 3. The molecule has 0 aliphatic rings. The van der Waals surface area contributed by atoms with Gasteiger partial charge in [-0.15, -0.1) is 0 Å². The third-order valence-electron chi connectivity index (χ3n) is 5.75. The summed E-state index contributed by atoms with van der Waals surface area (Å²) in [5.41, 5.74) is 17.2. The quantitative estimate of drug-likeness (QED) is 0.271. The molecule has 0 saturated heterocycles. The molecule has 34 heavy (non-hydrogen) atoms. The van der Waals surface area contributed by atoms with Gasteiger partial charge < -0.3 is 16.0 Å². The van der Waals surface area contributed by atoms with Crippen LogP contribution in [0.4, 0.5) is 20.2 Å². The zero-order valence-electron chi connectivity index (χ0n) is 18.3. The molecule has 4 aromatic carbocycles. The van der Waals surface area contributed by atoms with E-state index in [4.69, 9.17) is 11.5 Å². The van der Waals surface area contributed by atoms with Gasteiger partial charge >= 0.3 is 0 Å². The van der Waals surface area contributed by atoms with E-state index in [1.165, 1.54) is 24.3 Å². The Morgan fingerprint density at radius 1 is 0.618 bits per heavy atom. The lowest BCUT2D eigenvalue weighted by Crippen LogP contribution is -2.12. The summed E-state index contributed by atoms with van der Waals surface area (Å²) in [5, 5.41) is 1.98. The first-order valence-electron chi connectivity index (χ1n) is 10.6. The Bertz CT molecular complexity index is 1460. The topological polar surface area (TPSA) is 81.7 Å².